The van der Waals surface area contributed by atoms with E-state index >= 15 is 0 Å². The van der Waals surface area contributed by atoms with Crippen LogP contribution in [0, 0.1) is 11.8 Å². The fourth-order valence-electron chi connectivity index (χ4n) is 2.55. The van der Waals surface area contributed by atoms with Gasteiger partial charge in [-0.3, -0.25) is 0 Å². The van der Waals surface area contributed by atoms with Crippen LogP contribution in [0.15, 0.2) is 34.6 Å². The van der Waals surface area contributed by atoms with E-state index < -0.39 is 0 Å². The van der Waals surface area contributed by atoms with Crippen molar-refractivity contribution in [3.8, 4) is 0 Å². The fourth-order valence-corrected chi connectivity index (χ4v) is 5.27. The number of ketones is 1. The van der Waals surface area contributed by atoms with Crippen molar-refractivity contribution >= 4 is 34.9 Å². The van der Waals surface area contributed by atoms with Crippen LogP contribution in [0.2, 0.25) is 0 Å². The molecule has 1 atom stereocenters. The van der Waals surface area contributed by atoms with Crippen molar-refractivity contribution in [3.63, 3.8) is 0 Å². The first-order valence-electron chi connectivity index (χ1n) is 7.14. The summed E-state index contributed by atoms with van der Waals surface area (Å²) in [7, 11) is 0. The molecule has 1 unspecified atom stereocenters. The Bertz CT molecular complexity index is 483. The van der Waals surface area contributed by atoms with Crippen molar-refractivity contribution in [2.75, 3.05) is 11.5 Å². The number of carbonyl (C=O) groups is 1. The van der Waals surface area contributed by atoms with E-state index in [4.69, 9.17) is 0 Å². The molecule has 1 heterocycles. The Hall–Kier alpha value is -0.670. The van der Waals surface area contributed by atoms with Gasteiger partial charge in [0.05, 0.1) is 0 Å². The average Bonchev–Trinajstić information content (AvgIpc) is 2.92. The molecule has 0 saturated carbocycles. The highest BCUT2D eigenvalue weighted by molar-refractivity contribution is 8.25. The minimum Gasteiger partial charge on any atom is -0.300 e. The molecule has 0 N–H and O–H groups in total. The van der Waals surface area contributed by atoms with Gasteiger partial charge in [-0.2, -0.15) is 0 Å². The summed E-state index contributed by atoms with van der Waals surface area (Å²) in [6.45, 7) is 6.15. The molecule has 0 aromatic heterocycles. The summed E-state index contributed by atoms with van der Waals surface area (Å²) in [6.07, 6.45) is 0.645. The molecule has 108 valence electrons. The molecule has 0 bridgehead atoms. The van der Waals surface area contributed by atoms with Gasteiger partial charge >= 0.3 is 0 Å². The molecule has 1 fully saturated rings. The average molecular weight is 306 g/mol. The van der Waals surface area contributed by atoms with Crippen molar-refractivity contribution in [2.45, 2.75) is 27.2 Å². The van der Waals surface area contributed by atoms with Gasteiger partial charge in [-0.05, 0) is 29.9 Å². The summed E-state index contributed by atoms with van der Waals surface area (Å²) in [5, 5.41) is 0. The molecule has 1 aliphatic heterocycles. The van der Waals surface area contributed by atoms with Crippen LogP contribution in [0.4, 0.5) is 0 Å². The SMILES string of the molecule is CC(=O)CC(C(=C1SCCS1)c1ccccc1)C(C)C. The second-order valence-corrected chi connectivity index (χ2v) is 7.99. The molecule has 0 aliphatic carbocycles. The van der Waals surface area contributed by atoms with Crippen LogP contribution in [0.5, 0.6) is 0 Å². The van der Waals surface area contributed by atoms with E-state index in [0.717, 1.165) is 0 Å². The van der Waals surface area contributed by atoms with E-state index in [1.165, 1.54) is 26.9 Å². The van der Waals surface area contributed by atoms with Gasteiger partial charge in [0.15, 0.2) is 0 Å². The zero-order chi connectivity index (χ0) is 14.5. The number of carbonyl (C=O) groups excluding carboxylic acids is 1. The summed E-state index contributed by atoms with van der Waals surface area (Å²) in [5.74, 6) is 3.44. The van der Waals surface area contributed by atoms with E-state index in [-0.39, 0.29) is 5.78 Å². The molecule has 1 saturated heterocycles. The molecular formula is C17H22OS2. The lowest BCUT2D eigenvalue weighted by Crippen LogP contribution is -2.15. The van der Waals surface area contributed by atoms with E-state index in [0.29, 0.717) is 18.3 Å². The van der Waals surface area contributed by atoms with E-state index in [1.54, 1.807) is 6.92 Å². The van der Waals surface area contributed by atoms with Crippen LogP contribution >= 0.6 is 23.5 Å². The lowest BCUT2D eigenvalue weighted by molar-refractivity contribution is -0.117. The first-order valence-corrected chi connectivity index (χ1v) is 9.11. The molecule has 0 amide bonds. The number of rotatable bonds is 5. The minimum absolute atomic E-state index is 0.283. The number of benzene rings is 1. The summed E-state index contributed by atoms with van der Waals surface area (Å²) >= 11 is 3.90. The van der Waals surface area contributed by atoms with Gasteiger partial charge in [-0.15, -0.1) is 23.5 Å². The highest BCUT2D eigenvalue weighted by Crippen LogP contribution is 2.46. The third-order valence-electron chi connectivity index (χ3n) is 3.54. The second kappa shape index (κ2) is 7.37. The Labute approximate surface area is 130 Å². The molecule has 1 aromatic carbocycles. The third kappa shape index (κ3) is 3.92. The minimum atomic E-state index is 0.283. The van der Waals surface area contributed by atoms with Crippen LogP contribution in [0.1, 0.15) is 32.8 Å². The Morgan fingerprint density at radius 2 is 1.75 bits per heavy atom. The highest BCUT2D eigenvalue weighted by Gasteiger charge is 2.26. The van der Waals surface area contributed by atoms with Crippen molar-refractivity contribution < 1.29 is 4.79 Å². The number of Topliss-reactive ketones (excluding diaryl/α,β-unsaturated/α-hetero) is 1. The monoisotopic (exact) mass is 306 g/mol. The Kier molecular flexibility index (Phi) is 5.79. The van der Waals surface area contributed by atoms with Crippen LogP contribution in [-0.2, 0) is 4.79 Å². The quantitative estimate of drug-likeness (QED) is 0.754. The predicted octanol–water partition coefficient (Wildman–Crippen LogP) is 5.09. The summed E-state index contributed by atoms with van der Waals surface area (Å²) in [6, 6.07) is 10.6. The summed E-state index contributed by atoms with van der Waals surface area (Å²) in [5.41, 5.74) is 2.67. The van der Waals surface area contributed by atoms with E-state index in [9.17, 15) is 4.79 Å². The maximum Gasteiger partial charge on any atom is 0.130 e. The smallest absolute Gasteiger partial charge is 0.130 e. The zero-order valence-electron chi connectivity index (χ0n) is 12.4. The number of allylic oxidation sites excluding steroid dienone is 1. The topological polar surface area (TPSA) is 17.1 Å². The summed E-state index contributed by atoms with van der Waals surface area (Å²) < 4.78 is 1.43. The van der Waals surface area contributed by atoms with Gasteiger partial charge in [0, 0.05) is 22.2 Å². The predicted molar refractivity (Wildman–Crippen MR) is 91.9 cm³/mol. The molecule has 1 aliphatic rings. The zero-order valence-corrected chi connectivity index (χ0v) is 14.0. The summed E-state index contributed by atoms with van der Waals surface area (Å²) in [4.78, 5) is 11.7. The molecule has 20 heavy (non-hydrogen) atoms. The fraction of sp³-hybridized carbons (Fsp3) is 0.471. The largest absolute Gasteiger partial charge is 0.300 e. The number of thioether (sulfide) groups is 2. The van der Waals surface area contributed by atoms with Crippen molar-refractivity contribution in [1.29, 1.82) is 0 Å². The molecule has 1 aromatic rings. The maximum atomic E-state index is 11.7. The number of hydrogen-bond donors (Lipinski definition) is 0. The van der Waals surface area contributed by atoms with Gasteiger partial charge in [-0.1, -0.05) is 44.2 Å². The molecule has 3 heteroatoms. The van der Waals surface area contributed by atoms with E-state index in [1.807, 2.05) is 23.5 Å². The van der Waals surface area contributed by atoms with Gasteiger partial charge in [0.1, 0.15) is 5.78 Å². The first-order chi connectivity index (χ1) is 9.59. The van der Waals surface area contributed by atoms with Crippen LogP contribution in [0.25, 0.3) is 5.57 Å². The molecule has 0 radical (unpaired) electrons. The van der Waals surface area contributed by atoms with Crippen molar-refractivity contribution in [1.82, 2.24) is 0 Å². The molecular weight excluding hydrogens is 284 g/mol. The van der Waals surface area contributed by atoms with Gasteiger partial charge in [0.2, 0.25) is 0 Å². The van der Waals surface area contributed by atoms with Crippen LogP contribution in [-0.4, -0.2) is 17.3 Å². The lowest BCUT2D eigenvalue weighted by Gasteiger charge is -2.25. The first kappa shape index (κ1) is 15.7. The number of hydrogen-bond acceptors (Lipinski definition) is 3. The third-order valence-corrected chi connectivity index (χ3v) is 6.28. The van der Waals surface area contributed by atoms with Crippen LogP contribution in [0.3, 0.4) is 0 Å². The Balaban J connectivity index is 2.45. The Morgan fingerprint density at radius 3 is 2.25 bits per heavy atom. The molecule has 1 nitrogen and oxygen atoms in total. The van der Waals surface area contributed by atoms with Gasteiger partial charge in [0.25, 0.3) is 0 Å². The van der Waals surface area contributed by atoms with Gasteiger partial charge < -0.3 is 4.79 Å². The Morgan fingerprint density at radius 1 is 1.15 bits per heavy atom. The second-order valence-electron chi connectivity index (χ2n) is 5.52. The molecule has 0 spiro atoms. The normalized spacial score (nSPS) is 16.5. The lowest BCUT2D eigenvalue weighted by atomic mass is 9.82. The van der Waals surface area contributed by atoms with Crippen LogP contribution < -0.4 is 0 Å². The standard InChI is InChI=1S/C17H22OS2/c1-12(2)15(11-13(3)18)16(17-19-9-10-20-17)14-7-5-4-6-8-14/h4-8,12,15H,9-11H2,1-3H3. The highest BCUT2D eigenvalue weighted by atomic mass is 32.2. The maximum absolute atomic E-state index is 11.7. The van der Waals surface area contributed by atoms with E-state index in [2.05, 4.69) is 44.2 Å². The molecule has 2 rings (SSSR count). The van der Waals surface area contributed by atoms with Gasteiger partial charge in [-0.25, -0.2) is 0 Å². The van der Waals surface area contributed by atoms with Crippen molar-refractivity contribution in [3.05, 3.63) is 40.1 Å². The van der Waals surface area contributed by atoms with Crippen molar-refractivity contribution in [2.24, 2.45) is 11.8 Å².